The molecule has 0 aliphatic heterocycles. The van der Waals surface area contributed by atoms with E-state index in [0.717, 1.165) is 22.6 Å². The van der Waals surface area contributed by atoms with E-state index in [-0.39, 0.29) is 6.04 Å². The fraction of sp³-hybridized carbons (Fsp3) is 0.529. The van der Waals surface area contributed by atoms with E-state index >= 15 is 0 Å². The Kier molecular flexibility index (Phi) is 4.46. The molecule has 0 amide bonds. The molecule has 4 heteroatoms. The summed E-state index contributed by atoms with van der Waals surface area (Å²) in [4.78, 5) is 9.29. The second kappa shape index (κ2) is 6.50. The summed E-state index contributed by atoms with van der Waals surface area (Å²) in [6.45, 7) is 2.29. The third kappa shape index (κ3) is 3.06. The third-order valence-electron chi connectivity index (χ3n) is 4.84. The van der Waals surface area contributed by atoms with Gasteiger partial charge in [0.1, 0.15) is 0 Å². The molecule has 1 aliphatic rings. The zero-order valence-electron chi connectivity index (χ0n) is 12.6. The lowest BCUT2D eigenvalue weighted by Gasteiger charge is -2.33. The van der Waals surface area contributed by atoms with Gasteiger partial charge < -0.3 is 0 Å². The van der Waals surface area contributed by atoms with E-state index in [9.17, 15) is 0 Å². The highest BCUT2D eigenvalue weighted by Gasteiger charge is 2.29. The fourth-order valence-electron chi connectivity index (χ4n) is 3.59. The van der Waals surface area contributed by atoms with Crippen molar-refractivity contribution in [1.82, 2.24) is 15.4 Å². The van der Waals surface area contributed by atoms with Crippen molar-refractivity contribution in [2.45, 2.75) is 45.1 Å². The number of rotatable bonds is 4. The molecule has 112 valence electrons. The summed E-state index contributed by atoms with van der Waals surface area (Å²) in [6, 6.07) is 8.10. The van der Waals surface area contributed by atoms with Crippen LogP contribution in [0.25, 0.3) is 11.0 Å². The number of fused-ring (bicyclic) bond motifs is 1. The Morgan fingerprint density at radius 2 is 2.10 bits per heavy atom. The van der Waals surface area contributed by atoms with Crippen molar-refractivity contribution in [1.29, 1.82) is 0 Å². The first-order valence-corrected chi connectivity index (χ1v) is 7.99. The minimum absolute atomic E-state index is 0.108. The average Bonchev–Trinajstić information content (AvgIpc) is 2.56. The van der Waals surface area contributed by atoms with Crippen LogP contribution in [0.2, 0.25) is 0 Å². The van der Waals surface area contributed by atoms with E-state index in [1.807, 2.05) is 30.5 Å². The quantitative estimate of drug-likeness (QED) is 0.667. The van der Waals surface area contributed by atoms with Crippen LogP contribution in [0.3, 0.4) is 0 Å². The SMILES string of the molecule is CCC1CCCC(C(NN)c2cnc3ccccc3n2)C1. The Morgan fingerprint density at radius 1 is 1.29 bits per heavy atom. The molecule has 0 spiro atoms. The minimum atomic E-state index is 0.108. The molecule has 0 bridgehead atoms. The second-order valence-corrected chi connectivity index (χ2v) is 6.13. The Morgan fingerprint density at radius 3 is 2.86 bits per heavy atom. The van der Waals surface area contributed by atoms with Gasteiger partial charge in [-0.2, -0.15) is 0 Å². The molecule has 4 nitrogen and oxygen atoms in total. The number of para-hydroxylation sites is 2. The summed E-state index contributed by atoms with van der Waals surface area (Å²) in [5.41, 5.74) is 5.85. The van der Waals surface area contributed by atoms with Crippen molar-refractivity contribution in [3.63, 3.8) is 0 Å². The van der Waals surface area contributed by atoms with Gasteiger partial charge in [-0.3, -0.25) is 16.3 Å². The maximum atomic E-state index is 5.85. The number of hydrogen-bond donors (Lipinski definition) is 2. The molecule has 21 heavy (non-hydrogen) atoms. The fourth-order valence-corrected chi connectivity index (χ4v) is 3.59. The van der Waals surface area contributed by atoms with Gasteiger partial charge in [0.2, 0.25) is 0 Å². The Balaban J connectivity index is 1.86. The van der Waals surface area contributed by atoms with E-state index in [1.54, 1.807) is 0 Å². The highest BCUT2D eigenvalue weighted by molar-refractivity contribution is 5.73. The molecule has 1 heterocycles. The number of nitrogens with two attached hydrogens (primary N) is 1. The summed E-state index contributed by atoms with van der Waals surface area (Å²) in [7, 11) is 0. The topological polar surface area (TPSA) is 63.8 Å². The van der Waals surface area contributed by atoms with E-state index in [0.29, 0.717) is 5.92 Å². The molecule has 0 radical (unpaired) electrons. The number of hydrazine groups is 1. The van der Waals surface area contributed by atoms with Crippen LogP contribution in [-0.4, -0.2) is 9.97 Å². The Bertz CT molecular complexity index is 598. The van der Waals surface area contributed by atoms with Crippen LogP contribution < -0.4 is 11.3 Å². The van der Waals surface area contributed by atoms with Crippen LogP contribution in [-0.2, 0) is 0 Å². The van der Waals surface area contributed by atoms with Gasteiger partial charge in [-0.1, -0.05) is 38.3 Å². The van der Waals surface area contributed by atoms with Crippen LogP contribution in [0.15, 0.2) is 30.5 Å². The van der Waals surface area contributed by atoms with E-state index in [1.165, 1.54) is 32.1 Å². The zero-order chi connectivity index (χ0) is 14.7. The lowest BCUT2D eigenvalue weighted by Crippen LogP contribution is -2.36. The van der Waals surface area contributed by atoms with Crippen LogP contribution in [0.5, 0.6) is 0 Å². The van der Waals surface area contributed by atoms with Gasteiger partial charge in [-0.25, -0.2) is 4.98 Å². The Labute approximate surface area is 126 Å². The van der Waals surface area contributed by atoms with Gasteiger partial charge >= 0.3 is 0 Å². The minimum Gasteiger partial charge on any atom is -0.271 e. The van der Waals surface area contributed by atoms with Crippen LogP contribution >= 0.6 is 0 Å². The van der Waals surface area contributed by atoms with Crippen LogP contribution in [0.1, 0.15) is 50.8 Å². The van der Waals surface area contributed by atoms with Crippen molar-refractivity contribution < 1.29 is 0 Å². The number of nitrogens with zero attached hydrogens (tertiary/aromatic N) is 2. The molecular weight excluding hydrogens is 260 g/mol. The molecule has 1 aliphatic carbocycles. The second-order valence-electron chi connectivity index (χ2n) is 6.13. The molecule has 1 aromatic heterocycles. The van der Waals surface area contributed by atoms with Crippen molar-refractivity contribution >= 4 is 11.0 Å². The molecule has 1 fully saturated rings. The lowest BCUT2D eigenvalue weighted by atomic mass is 9.76. The lowest BCUT2D eigenvalue weighted by molar-refractivity contribution is 0.207. The average molecular weight is 284 g/mol. The van der Waals surface area contributed by atoms with Crippen LogP contribution in [0, 0.1) is 11.8 Å². The molecular formula is C17H24N4. The van der Waals surface area contributed by atoms with Gasteiger partial charge in [0.05, 0.1) is 29.0 Å². The molecule has 0 saturated heterocycles. The van der Waals surface area contributed by atoms with Crippen molar-refractivity contribution in [3.8, 4) is 0 Å². The number of hydrogen-bond acceptors (Lipinski definition) is 4. The summed E-state index contributed by atoms with van der Waals surface area (Å²) in [5, 5.41) is 0. The monoisotopic (exact) mass is 284 g/mol. The number of aromatic nitrogens is 2. The highest BCUT2D eigenvalue weighted by Crippen LogP contribution is 2.37. The highest BCUT2D eigenvalue weighted by atomic mass is 15.2. The molecule has 3 atom stereocenters. The van der Waals surface area contributed by atoms with E-state index in [4.69, 9.17) is 10.8 Å². The smallest absolute Gasteiger partial charge is 0.0890 e. The number of nitrogens with one attached hydrogen (secondary N) is 1. The molecule has 1 saturated carbocycles. The predicted octanol–water partition coefficient (Wildman–Crippen LogP) is 3.35. The standard InChI is InChI=1S/C17H24N4/c1-2-12-6-5-7-13(10-12)17(21-18)16-11-19-14-8-3-4-9-15(14)20-16/h3-4,8-9,11-13,17,21H,2,5-7,10,18H2,1H3. The molecule has 1 aromatic carbocycles. The summed E-state index contributed by atoms with van der Waals surface area (Å²) < 4.78 is 0. The normalized spacial score (nSPS) is 24.1. The maximum Gasteiger partial charge on any atom is 0.0890 e. The van der Waals surface area contributed by atoms with Gasteiger partial charge in [-0.15, -0.1) is 0 Å². The molecule has 3 unspecified atom stereocenters. The van der Waals surface area contributed by atoms with E-state index < -0.39 is 0 Å². The van der Waals surface area contributed by atoms with E-state index in [2.05, 4.69) is 17.3 Å². The van der Waals surface area contributed by atoms with Crippen molar-refractivity contribution in [2.75, 3.05) is 0 Å². The number of benzene rings is 1. The first-order chi connectivity index (χ1) is 10.3. The maximum absolute atomic E-state index is 5.85. The van der Waals surface area contributed by atoms with Crippen molar-refractivity contribution in [3.05, 3.63) is 36.2 Å². The van der Waals surface area contributed by atoms with Crippen molar-refractivity contribution in [2.24, 2.45) is 17.7 Å². The molecule has 2 aromatic rings. The van der Waals surface area contributed by atoms with Crippen LogP contribution in [0.4, 0.5) is 0 Å². The summed E-state index contributed by atoms with van der Waals surface area (Å²) in [5.74, 6) is 7.24. The Hall–Kier alpha value is -1.52. The first kappa shape index (κ1) is 14.4. The summed E-state index contributed by atoms with van der Waals surface area (Å²) in [6.07, 6.45) is 8.25. The zero-order valence-corrected chi connectivity index (χ0v) is 12.6. The third-order valence-corrected chi connectivity index (χ3v) is 4.84. The molecule has 3 N–H and O–H groups in total. The van der Waals surface area contributed by atoms with Gasteiger partial charge in [-0.05, 0) is 36.8 Å². The molecule has 3 rings (SSSR count). The summed E-state index contributed by atoms with van der Waals surface area (Å²) >= 11 is 0. The largest absolute Gasteiger partial charge is 0.271 e. The first-order valence-electron chi connectivity index (χ1n) is 7.99. The predicted molar refractivity (Wildman–Crippen MR) is 85.3 cm³/mol. The van der Waals surface area contributed by atoms with Gasteiger partial charge in [0.25, 0.3) is 0 Å². The van der Waals surface area contributed by atoms with Gasteiger partial charge in [0.15, 0.2) is 0 Å². The van der Waals surface area contributed by atoms with Gasteiger partial charge in [0, 0.05) is 0 Å².